The Morgan fingerprint density at radius 3 is 2.86 bits per heavy atom. The van der Waals surface area contributed by atoms with Gasteiger partial charge in [-0.1, -0.05) is 0 Å². The van der Waals surface area contributed by atoms with Gasteiger partial charge >= 0.3 is 0 Å². The fraction of sp³-hybridized carbons (Fsp3) is 0.438. The number of carbonyl (C=O) groups excluding carboxylic acids is 1. The summed E-state index contributed by atoms with van der Waals surface area (Å²) in [7, 11) is 2.13. The van der Waals surface area contributed by atoms with Crippen molar-refractivity contribution in [1.82, 2.24) is 14.8 Å². The summed E-state index contributed by atoms with van der Waals surface area (Å²) in [6.45, 7) is 2.59. The van der Waals surface area contributed by atoms with Crippen LogP contribution in [0.5, 0.6) is 0 Å². The number of carbonyl (C=O) groups is 1. The number of aromatic nitrogens is 1. The highest BCUT2D eigenvalue weighted by Gasteiger charge is 2.28. The third kappa shape index (κ3) is 3.19. The first-order chi connectivity index (χ1) is 10.2. The zero-order valence-electron chi connectivity index (χ0n) is 12.3. The van der Waals surface area contributed by atoms with Gasteiger partial charge in [-0.15, -0.1) is 0 Å². The molecule has 1 aliphatic heterocycles. The molecule has 5 heteroatoms. The van der Waals surface area contributed by atoms with Crippen molar-refractivity contribution in [3.05, 3.63) is 48.2 Å². The first kappa shape index (κ1) is 13.9. The van der Waals surface area contributed by atoms with Crippen LogP contribution in [-0.4, -0.2) is 46.9 Å². The van der Waals surface area contributed by atoms with Crippen molar-refractivity contribution in [2.24, 2.45) is 0 Å². The lowest BCUT2D eigenvalue weighted by molar-refractivity contribution is 0.0551. The molecular formula is C16H21N3O2. The average Bonchev–Trinajstić information content (AvgIpc) is 3.18. The SMILES string of the molecule is CN1CCC(N(Cc2ccco2)C(=O)c2cc[nH]c2)CC1. The van der Waals surface area contributed by atoms with E-state index in [2.05, 4.69) is 16.9 Å². The van der Waals surface area contributed by atoms with E-state index in [1.807, 2.05) is 23.1 Å². The Bertz CT molecular complexity index is 554. The molecule has 0 aliphatic carbocycles. The number of hydrogen-bond acceptors (Lipinski definition) is 3. The molecule has 0 bridgehead atoms. The Hall–Kier alpha value is -2.01. The number of nitrogens with zero attached hydrogens (tertiary/aromatic N) is 2. The van der Waals surface area contributed by atoms with Gasteiger partial charge in [-0.25, -0.2) is 0 Å². The molecule has 21 heavy (non-hydrogen) atoms. The molecule has 0 saturated carbocycles. The molecule has 1 amide bonds. The quantitative estimate of drug-likeness (QED) is 0.939. The number of piperidine rings is 1. The Labute approximate surface area is 124 Å². The number of nitrogens with one attached hydrogen (secondary N) is 1. The molecule has 1 fully saturated rings. The van der Waals surface area contributed by atoms with Crippen molar-refractivity contribution in [2.45, 2.75) is 25.4 Å². The maximum Gasteiger partial charge on any atom is 0.256 e. The summed E-state index contributed by atoms with van der Waals surface area (Å²) in [5.41, 5.74) is 0.709. The van der Waals surface area contributed by atoms with Crippen LogP contribution in [-0.2, 0) is 6.54 Å². The number of rotatable bonds is 4. The Morgan fingerprint density at radius 2 is 2.24 bits per heavy atom. The van der Waals surface area contributed by atoms with Crippen LogP contribution < -0.4 is 0 Å². The summed E-state index contributed by atoms with van der Waals surface area (Å²) in [4.78, 5) is 20.0. The molecule has 0 spiro atoms. The van der Waals surface area contributed by atoms with E-state index in [0.29, 0.717) is 12.1 Å². The summed E-state index contributed by atoms with van der Waals surface area (Å²) in [5, 5.41) is 0. The number of amides is 1. The van der Waals surface area contributed by atoms with Gasteiger partial charge in [-0.3, -0.25) is 4.79 Å². The van der Waals surface area contributed by atoms with Gasteiger partial charge in [-0.05, 0) is 51.2 Å². The molecule has 1 N–H and O–H groups in total. The van der Waals surface area contributed by atoms with Crippen molar-refractivity contribution in [1.29, 1.82) is 0 Å². The largest absolute Gasteiger partial charge is 0.467 e. The van der Waals surface area contributed by atoms with E-state index in [9.17, 15) is 4.79 Å². The van der Waals surface area contributed by atoms with Crippen LogP contribution in [0.25, 0.3) is 0 Å². The van der Waals surface area contributed by atoms with Crippen LogP contribution in [0.3, 0.4) is 0 Å². The molecule has 0 atom stereocenters. The van der Waals surface area contributed by atoms with Crippen molar-refractivity contribution < 1.29 is 9.21 Å². The fourth-order valence-electron chi connectivity index (χ4n) is 2.87. The zero-order chi connectivity index (χ0) is 14.7. The molecular weight excluding hydrogens is 266 g/mol. The van der Waals surface area contributed by atoms with Crippen molar-refractivity contribution >= 4 is 5.91 Å². The van der Waals surface area contributed by atoms with Gasteiger partial charge in [-0.2, -0.15) is 0 Å². The van der Waals surface area contributed by atoms with Gasteiger partial charge in [0.15, 0.2) is 0 Å². The van der Waals surface area contributed by atoms with Crippen molar-refractivity contribution in [2.75, 3.05) is 20.1 Å². The molecule has 2 aromatic rings. The van der Waals surface area contributed by atoms with E-state index in [4.69, 9.17) is 4.42 Å². The molecule has 112 valence electrons. The van der Waals surface area contributed by atoms with Crippen molar-refractivity contribution in [3.8, 4) is 0 Å². The summed E-state index contributed by atoms with van der Waals surface area (Å²) in [6.07, 6.45) is 7.21. The van der Waals surface area contributed by atoms with Gasteiger partial charge in [0.25, 0.3) is 5.91 Å². The second-order valence-electron chi connectivity index (χ2n) is 5.65. The van der Waals surface area contributed by atoms with Gasteiger partial charge in [0, 0.05) is 18.4 Å². The molecule has 3 heterocycles. The Kier molecular flexibility index (Phi) is 4.10. The van der Waals surface area contributed by atoms with Gasteiger partial charge in [0.2, 0.25) is 0 Å². The Balaban J connectivity index is 1.78. The number of furan rings is 1. The highest BCUT2D eigenvalue weighted by Crippen LogP contribution is 2.21. The lowest BCUT2D eigenvalue weighted by Gasteiger charge is -2.36. The maximum absolute atomic E-state index is 12.8. The Morgan fingerprint density at radius 1 is 1.43 bits per heavy atom. The molecule has 0 unspecified atom stereocenters. The zero-order valence-corrected chi connectivity index (χ0v) is 12.3. The smallest absolute Gasteiger partial charge is 0.256 e. The lowest BCUT2D eigenvalue weighted by Crippen LogP contribution is -2.46. The summed E-state index contributed by atoms with van der Waals surface area (Å²) < 4.78 is 5.43. The number of aromatic amines is 1. The highest BCUT2D eigenvalue weighted by atomic mass is 16.3. The minimum Gasteiger partial charge on any atom is -0.467 e. The molecule has 1 aliphatic rings. The standard InChI is InChI=1S/C16H21N3O2/c1-18-8-5-14(6-9-18)19(12-15-3-2-10-21-15)16(20)13-4-7-17-11-13/h2-4,7,10-11,14,17H,5-6,8-9,12H2,1H3. The van der Waals surface area contributed by atoms with Crippen LogP contribution in [0.2, 0.25) is 0 Å². The summed E-state index contributed by atoms with van der Waals surface area (Å²) >= 11 is 0. The van der Waals surface area contributed by atoms with E-state index in [1.165, 1.54) is 0 Å². The predicted molar refractivity (Wildman–Crippen MR) is 79.9 cm³/mol. The first-order valence-corrected chi connectivity index (χ1v) is 7.39. The van der Waals surface area contributed by atoms with E-state index in [1.54, 1.807) is 18.7 Å². The molecule has 2 aromatic heterocycles. The second-order valence-corrected chi connectivity index (χ2v) is 5.65. The minimum atomic E-state index is 0.0715. The third-order valence-electron chi connectivity index (χ3n) is 4.14. The van der Waals surface area contributed by atoms with Crippen LogP contribution in [0.1, 0.15) is 29.0 Å². The maximum atomic E-state index is 12.8. The molecule has 1 saturated heterocycles. The van der Waals surface area contributed by atoms with Gasteiger partial charge in [0.05, 0.1) is 18.4 Å². The third-order valence-corrected chi connectivity index (χ3v) is 4.14. The minimum absolute atomic E-state index is 0.0715. The van der Waals surface area contributed by atoms with E-state index in [-0.39, 0.29) is 11.9 Å². The lowest BCUT2D eigenvalue weighted by atomic mass is 10.0. The van der Waals surface area contributed by atoms with Gasteiger partial charge in [0.1, 0.15) is 5.76 Å². The van der Waals surface area contributed by atoms with Gasteiger partial charge < -0.3 is 19.2 Å². The van der Waals surface area contributed by atoms with E-state index in [0.717, 1.165) is 31.7 Å². The molecule has 0 aromatic carbocycles. The molecule has 0 radical (unpaired) electrons. The molecule has 3 rings (SSSR count). The van der Waals surface area contributed by atoms with Crippen LogP contribution in [0.4, 0.5) is 0 Å². The predicted octanol–water partition coefficient (Wildman–Crippen LogP) is 2.34. The monoisotopic (exact) mass is 287 g/mol. The summed E-state index contributed by atoms with van der Waals surface area (Å²) in [5.74, 6) is 0.903. The van der Waals surface area contributed by atoms with Crippen LogP contribution in [0, 0.1) is 0 Å². The number of H-pyrrole nitrogens is 1. The summed E-state index contributed by atoms with van der Waals surface area (Å²) in [6, 6.07) is 5.88. The first-order valence-electron chi connectivity index (χ1n) is 7.39. The highest BCUT2D eigenvalue weighted by molar-refractivity contribution is 5.94. The van der Waals surface area contributed by atoms with Crippen LogP contribution >= 0.6 is 0 Å². The topological polar surface area (TPSA) is 52.5 Å². The number of likely N-dealkylation sites (tertiary alicyclic amines) is 1. The normalized spacial score (nSPS) is 17.0. The second kappa shape index (κ2) is 6.18. The van der Waals surface area contributed by atoms with Crippen molar-refractivity contribution in [3.63, 3.8) is 0 Å². The van der Waals surface area contributed by atoms with Crippen LogP contribution in [0.15, 0.2) is 41.3 Å². The van der Waals surface area contributed by atoms with E-state index < -0.39 is 0 Å². The number of hydrogen-bond donors (Lipinski definition) is 1. The fourth-order valence-corrected chi connectivity index (χ4v) is 2.87. The van der Waals surface area contributed by atoms with E-state index >= 15 is 0 Å². The average molecular weight is 287 g/mol. The molecule has 5 nitrogen and oxygen atoms in total.